The van der Waals surface area contributed by atoms with Crippen molar-refractivity contribution in [2.45, 2.75) is 33.2 Å². The zero-order valence-electron chi connectivity index (χ0n) is 13.4. The molecule has 0 spiro atoms. The van der Waals surface area contributed by atoms with Crippen molar-refractivity contribution in [2.75, 3.05) is 13.2 Å². The fourth-order valence-electron chi connectivity index (χ4n) is 2.60. The number of hydrogen-bond donors (Lipinski definition) is 1. The van der Waals surface area contributed by atoms with Crippen molar-refractivity contribution < 1.29 is 9.90 Å². The average molecular weight is 317 g/mol. The number of aryl methyl sites for hydroxylation is 1. The van der Waals surface area contributed by atoms with Crippen LogP contribution in [0.4, 0.5) is 0 Å². The van der Waals surface area contributed by atoms with Gasteiger partial charge in [0.15, 0.2) is 0 Å². The van der Waals surface area contributed by atoms with Gasteiger partial charge in [0, 0.05) is 29.6 Å². The molecule has 0 radical (unpaired) electrons. The summed E-state index contributed by atoms with van der Waals surface area (Å²) < 4.78 is 0. The first kappa shape index (κ1) is 16.7. The van der Waals surface area contributed by atoms with Gasteiger partial charge in [0.1, 0.15) is 0 Å². The monoisotopic (exact) mass is 317 g/mol. The second-order valence-electron chi connectivity index (χ2n) is 5.46. The number of aliphatic hydroxyl groups is 1. The van der Waals surface area contributed by atoms with E-state index in [1.807, 2.05) is 43.0 Å². The molecular weight excluding hydrogens is 294 g/mol. The summed E-state index contributed by atoms with van der Waals surface area (Å²) in [6, 6.07) is 9.96. The minimum absolute atomic E-state index is 0.0258. The summed E-state index contributed by atoms with van der Waals surface area (Å²) in [6.07, 6.45) is 0.603. The van der Waals surface area contributed by atoms with Gasteiger partial charge in [-0.15, -0.1) is 11.3 Å². The number of thiophene rings is 1. The van der Waals surface area contributed by atoms with Gasteiger partial charge in [-0.2, -0.15) is 0 Å². The number of rotatable bonds is 6. The molecule has 1 unspecified atom stereocenters. The lowest BCUT2D eigenvalue weighted by atomic mass is 10.1. The van der Waals surface area contributed by atoms with Crippen LogP contribution in [0.1, 0.15) is 36.2 Å². The lowest BCUT2D eigenvalue weighted by Gasteiger charge is -2.27. The first-order valence-electron chi connectivity index (χ1n) is 7.64. The van der Waals surface area contributed by atoms with Crippen molar-refractivity contribution in [3.63, 3.8) is 0 Å². The number of nitrogens with zero attached hydrogens (tertiary/aromatic N) is 1. The smallest absolute Gasteiger partial charge is 0.254 e. The summed E-state index contributed by atoms with van der Waals surface area (Å²) in [4.78, 5) is 15.7. The van der Waals surface area contributed by atoms with Crippen LogP contribution in [0.2, 0.25) is 0 Å². The Hall–Kier alpha value is -1.65. The predicted octanol–water partition coefficient (Wildman–Crippen LogP) is 3.96. The normalized spacial score (nSPS) is 12.2. The molecule has 0 aliphatic heterocycles. The standard InChI is InChI=1S/C18H23NO2S/c1-4-19(14(3)9-11-20)18(21)16-7-5-15(6-8-16)17-13(2)10-12-22-17/h5-8,10,12,14,20H,4,9,11H2,1-3H3. The van der Waals surface area contributed by atoms with Gasteiger partial charge in [-0.1, -0.05) is 12.1 Å². The van der Waals surface area contributed by atoms with Crippen LogP contribution in [0.3, 0.4) is 0 Å². The molecule has 4 heteroatoms. The number of amides is 1. The van der Waals surface area contributed by atoms with Crippen LogP contribution in [-0.4, -0.2) is 35.1 Å². The summed E-state index contributed by atoms with van der Waals surface area (Å²) >= 11 is 1.72. The third-order valence-electron chi connectivity index (χ3n) is 3.94. The van der Waals surface area contributed by atoms with Gasteiger partial charge in [-0.25, -0.2) is 0 Å². The molecule has 1 atom stereocenters. The molecule has 1 aromatic carbocycles. The number of carbonyl (C=O) groups is 1. The number of benzene rings is 1. The van der Waals surface area contributed by atoms with E-state index in [-0.39, 0.29) is 18.6 Å². The highest BCUT2D eigenvalue weighted by Gasteiger charge is 2.19. The van der Waals surface area contributed by atoms with Crippen molar-refractivity contribution in [1.82, 2.24) is 4.90 Å². The van der Waals surface area contributed by atoms with E-state index in [4.69, 9.17) is 5.11 Å². The lowest BCUT2D eigenvalue weighted by molar-refractivity contribution is 0.0679. The van der Waals surface area contributed by atoms with Gasteiger partial charge >= 0.3 is 0 Å². The molecule has 2 aromatic rings. The maximum absolute atomic E-state index is 12.6. The molecule has 1 amide bonds. The molecule has 0 bridgehead atoms. The van der Waals surface area contributed by atoms with Gasteiger partial charge in [-0.3, -0.25) is 4.79 Å². The zero-order chi connectivity index (χ0) is 16.1. The Labute approximate surface area is 136 Å². The summed E-state index contributed by atoms with van der Waals surface area (Å²) in [5, 5.41) is 11.1. The van der Waals surface area contributed by atoms with Crippen LogP contribution in [0.15, 0.2) is 35.7 Å². The molecule has 0 aliphatic carbocycles. The van der Waals surface area contributed by atoms with Gasteiger partial charge in [-0.05, 0) is 61.9 Å². The molecule has 0 aliphatic rings. The first-order chi connectivity index (χ1) is 10.6. The molecule has 3 nitrogen and oxygen atoms in total. The Balaban J connectivity index is 2.19. The number of carbonyl (C=O) groups excluding carboxylic acids is 1. The molecule has 1 aromatic heterocycles. The molecule has 2 rings (SSSR count). The molecule has 1 heterocycles. The van der Waals surface area contributed by atoms with Gasteiger partial charge in [0.25, 0.3) is 5.91 Å². The van der Waals surface area contributed by atoms with Crippen molar-refractivity contribution >= 4 is 17.2 Å². The Morgan fingerprint density at radius 3 is 2.45 bits per heavy atom. The SMILES string of the molecule is CCN(C(=O)c1ccc(-c2sccc2C)cc1)C(C)CCO. The van der Waals surface area contributed by atoms with Crippen molar-refractivity contribution in [2.24, 2.45) is 0 Å². The largest absolute Gasteiger partial charge is 0.396 e. The summed E-state index contributed by atoms with van der Waals surface area (Å²) in [5.41, 5.74) is 3.11. The number of hydrogen-bond acceptors (Lipinski definition) is 3. The second kappa shape index (κ2) is 7.56. The average Bonchev–Trinajstić information content (AvgIpc) is 2.94. The molecule has 22 heavy (non-hydrogen) atoms. The fraction of sp³-hybridized carbons (Fsp3) is 0.389. The van der Waals surface area contributed by atoms with Gasteiger partial charge in [0.05, 0.1) is 0 Å². The minimum Gasteiger partial charge on any atom is -0.396 e. The van der Waals surface area contributed by atoms with Crippen LogP contribution >= 0.6 is 11.3 Å². The lowest BCUT2D eigenvalue weighted by Crippen LogP contribution is -2.38. The Morgan fingerprint density at radius 1 is 1.27 bits per heavy atom. The zero-order valence-corrected chi connectivity index (χ0v) is 14.2. The third kappa shape index (κ3) is 3.57. The second-order valence-corrected chi connectivity index (χ2v) is 6.38. The van der Waals surface area contributed by atoms with Crippen LogP contribution in [0.5, 0.6) is 0 Å². The van der Waals surface area contributed by atoms with Crippen molar-refractivity contribution in [1.29, 1.82) is 0 Å². The molecule has 1 N–H and O–H groups in total. The van der Waals surface area contributed by atoms with Crippen LogP contribution < -0.4 is 0 Å². The van der Waals surface area contributed by atoms with E-state index in [1.165, 1.54) is 10.4 Å². The highest BCUT2D eigenvalue weighted by Crippen LogP contribution is 2.29. The van der Waals surface area contributed by atoms with E-state index in [1.54, 1.807) is 11.3 Å². The Bertz CT molecular complexity index is 618. The van der Waals surface area contributed by atoms with E-state index < -0.39 is 0 Å². The highest BCUT2D eigenvalue weighted by molar-refractivity contribution is 7.13. The summed E-state index contributed by atoms with van der Waals surface area (Å²) in [6.45, 7) is 6.78. The quantitative estimate of drug-likeness (QED) is 0.876. The Morgan fingerprint density at radius 2 is 1.95 bits per heavy atom. The number of aliphatic hydroxyl groups excluding tert-OH is 1. The molecule has 118 valence electrons. The highest BCUT2D eigenvalue weighted by atomic mass is 32.1. The van der Waals surface area contributed by atoms with E-state index in [9.17, 15) is 4.79 Å². The Kier molecular flexibility index (Phi) is 5.75. The first-order valence-corrected chi connectivity index (χ1v) is 8.52. The molecule has 0 saturated carbocycles. The molecular formula is C18H23NO2S. The third-order valence-corrected chi connectivity index (χ3v) is 5.00. The predicted molar refractivity (Wildman–Crippen MR) is 92.4 cm³/mol. The van der Waals surface area contributed by atoms with E-state index in [0.29, 0.717) is 18.5 Å². The van der Waals surface area contributed by atoms with Gasteiger partial charge < -0.3 is 10.0 Å². The van der Waals surface area contributed by atoms with E-state index >= 15 is 0 Å². The summed E-state index contributed by atoms with van der Waals surface area (Å²) in [7, 11) is 0. The fourth-order valence-corrected chi connectivity index (χ4v) is 3.53. The minimum atomic E-state index is 0.0258. The van der Waals surface area contributed by atoms with E-state index in [2.05, 4.69) is 18.4 Å². The van der Waals surface area contributed by atoms with Crippen molar-refractivity contribution in [3.05, 3.63) is 46.8 Å². The molecule has 0 saturated heterocycles. The van der Waals surface area contributed by atoms with Crippen LogP contribution in [0.25, 0.3) is 10.4 Å². The topological polar surface area (TPSA) is 40.5 Å². The van der Waals surface area contributed by atoms with Crippen molar-refractivity contribution in [3.8, 4) is 10.4 Å². The maximum Gasteiger partial charge on any atom is 0.254 e. The maximum atomic E-state index is 12.6. The van der Waals surface area contributed by atoms with Crippen LogP contribution in [-0.2, 0) is 0 Å². The van der Waals surface area contributed by atoms with E-state index in [0.717, 1.165) is 5.56 Å². The summed E-state index contributed by atoms with van der Waals surface area (Å²) in [5.74, 6) is 0.0258. The molecule has 0 fully saturated rings. The van der Waals surface area contributed by atoms with Gasteiger partial charge in [0.2, 0.25) is 0 Å². The van der Waals surface area contributed by atoms with Crippen LogP contribution in [0, 0.1) is 6.92 Å².